The third kappa shape index (κ3) is 2.18. The number of carbonyl (C=O) groups excluding carboxylic acids is 1. The molecule has 6 rings (SSSR count). The first-order valence-corrected chi connectivity index (χ1v) is 10.6. The number of fused-ring (bicyclic) bond motifs is 7. The van der Waals surface area contributed by atoms with E-state index in [0.717, 1.165) is 45.5 Å². The van der Waals surface area contributed by atoms with Crippen LogP contribution in [-0.2, 0) is 10.3 Å². The highest BCUT2D eigenvalue weighted by Crippen LogP contribution is 2.64. The third-order valence-corrected chi connectivity index (χ3v) is 7.34. The minimum atomic E-state index is -0.685. The SMILES string of the molecule is CC1C2CCC1(OC(=O)c1cccc3ccccc13)c1cc3ccccc3c(O)c12. The summed E-state index contributed by atoms with van der Waals surface area (Å²) in [6.45, 7) is 2.15. The summed E-state index contributed by atoms with van der Waals surface area (Å²) >= 11 is 0. The van der Waals surface area contributed by atoms with Gasteiger partial charge in [0, 0.05) is 22.4 Å². The van der Waals surface area contributed by atoms with Crippen molar-refractivity contribution in [3.05, 3.63) is 89.5 Å². The van der Waals surface area contributed by atoms with Gasteiger partial charge in [-0.15, -0.1) is 0 Å². The predicted octanol–water partition coefficient (Wildman–Crippen LogP) is 6.28. The monoisotopic (exact) mass is 394 g/mol. The summed E-state index contributed by atoms with van der Waals surface area (Å²) in [6.07, 6.45) is 1.71. The van der Waals surface area contributed by atoms with Crippen LogP contribution in [-0.4, -0.2) is 11.1 Å². The number of ether oxygens (including phenoxy) is 1. The lowest BCUT2D eigenvalue weighted by Gasteiger charge is -2.32. The Hall–Kier alpha value is -3.33. The zero-order valence-corrected chi connectivity index (χ0v) is 16.8. The standard InChI is InChI=1S/C27H22O3/c1-16-19-13-14-27(16,23-15-18-8-3-5-11-21(18)25(28)24(19)23)30-26(29)22-12-6-9-17-7-2-4-10-20(17)22/h2-12,15-16,19,28H,13-14H2,1H3. The molecule has 4 aromatic carbocycles. The molecule has 0 radical (unpaired) electrons. The van der Waals surface area contributed by atoms with E-state index in [1.807, 2.05) is 66.7 Å². The number of rotatable bonds is 2. The summed E-state index contributed by atoms with van der Waals surface area (Å²) in [6, 6.07) is 23.6. The van der Waals surface area contributed by atoms with Crippen molar-refractivity contribution in [3.8, 4) is 5.75 Å². The van der Waals surface area contributed by atoms with E-state index in [1.165, 1.54) is 0 Å². The molecule has 0 spiro atoms. The summed E-state index contributed by atoms with van der Waals surface area (Å²) in [5.74, 6) is 0.404. The second-order valence-corrected chi connectivity index (χ2v) is 8.65. The van der Waals surface area contributed by atoms with Gasteiger partial charge in [0.25, 0.3) is 0 Å². The molecule has 0 aliphatic heterocycles. The average molecular weight is 394 g/mol. The summed E-state index contributed by atoms with van der Waals surface area (Å²) < 4.78 is 6.38. The molecule has 3 atom stereocenters. The number of phenols is 1. The second-order valence-electron chi connectivity index (χ2n) is 8.65. The Morgan fingerprint density at radius 1 is 0.967 bits per heavy atom. The van der Waals surface area contributed by atoms with Gasteiger partial charge in [-0.05, 0) is 47.1 Å². The fourth-order valence-corrected chi connectivity index (χ4v) is 5.84. The van der Waals surface area contributed by atoms with E-state index in [1.54, 1.807) is 0 Å². The molecule has 148 valence electrons. The van der Waals surface area contributed by atoms with Crippen molar-refractivity contribution in [1.82, 2.24) is 0 Å². The highest BCUT2D eigenvalue weighted by Gasteiger charge is 2.59. The molecule has 0 saturated heterocycles. The number of benzene rings is 4. The molecule has 2 bridgehead atoms. The van der Waals surface area contributed by atoms with Gasteiger partial charge in [0.15, 0.2) is 0 Å². The van der Waals surface area contributed by atoms with Gasteiger partial charge in [-0.2, -0.15) is 0 Å². The van der Waals surface area contributed by atoms with Crippen LogP contribution in [0.2, 0.25) is 0 Å². The van der Waals surface area contributed by atoms with Crippen LogP contribution in [0, 0.1) is 5.92 Å². The normalized spacial score (nSPS) is 24.3. The fourth-order valence-electron chi connectivity index (χ4n) is 5.84. The van der Waals surface area contributed by atoms with Crippen molar-refractivity contribution in [2.75, 3.05) is 0 Å². The van der Waals surface area contributed by atoms with Crippen LogP contribution in [0.25, 0.3) is 21.5 Å². The van der Waals surface area contributed by atoms with E-state index >= 15 is 0 Å². The molecular formula is C27H22O3. The van der Waals surface area contributed by atoms with Crippen molar-refractivity contribution in [3.63, 3.8) is 0 Å². The number of aromatic hydroxyl groups is 1. The van der Waals surface area contributed by atoms with Crippen LogP contribution in [0.15, 0.2) is 72.8 Å². The highest BCUT2D eigenvalue weighted by molar-refractivity contribution is 6.04. The minimum Gasteiger partial charge on any atom is -0.507 e. The lowest BCUT2D eigenvalue weighted by molar-refractivity contribution is -0.0353. The molecule has 1 N–H and O–H groups in total. The van der Waals surface area contributed by atoms with E-state index < -0.39 is 5.60 Å². The average Bonchev–Trinajstić information content (AvgIpc) is 3.20. The van der Waals surface area contributed by atoms with Crippen molar-refractivity contribution < 1.29 is 14.6 Å². The summed E-state index contributed by atoms with van der Waals surface area (Å²) in [7, 11) is 0. The highest BCUT2D eigenvalue weighted by atomic mass is 16.6. The van der Waals surface area contributed by atoms with Crippen LogP contribution >= 0.6 is 0 Å². The van der Waals surface area contributed by atoms with Gasteiger partial charge in [-0.3, -0.25) is 0 Å². The number of hydrogen-bond acceptors (Lipinski definition) is 3. The Kier molecular flexibility index (Phi) is 3.55. The van der Waals surface area contributed by atoms with E-state index in [2.05, 4.69) is 13.0 Å². The molecule has 0 amide bonds. The number of phenolic OH excluding ortho intramolecular Hbond substituents is 1. The molecule has 0 aromatic heterocycles. The molecule has 30 heavy (non-hydrogen) atoms. The van der Waals surface area contributed by atoms with Crippen molar-refractivity contribution in [2.45, 2.75) is 31.3 Å². The van der Waals surface area contributed by atoms with Gasteiger partial charge in [-0.25, -0.2) is 4.79 Å². The Morgan fingerprint density at radius 2 is 1.67 bits per heavy atom. The second kappa shape index (κ2) is 6.09. The first kappa shape index (κ1) is 17.5. The molecular weight excluding hydrogens is 372 g/mol. The predicted molar refractivity (Wildman–Crippen MR) is 118 cm³/mol. The van der Waals surface area contributed by atoms with E-state index in [-0.39, 0.29) is 17.8 Å². The minimum absolute atomic E-state index is 0.133. The fraction of sp³-hybridized carbons (Fsp3) is 0.222. The van der Waals surface area contributed by atoms with Crippen LogP contribution in [0.3, 0.4) is 0 Å². The molecule has 3 heteroatoms. The number of esters is 1. The zero-order valence-electron chi connectivity index (χ0n) is 16.8. The molecule has 3 unspecified atom stereocenters. The maximum absolute atomic E-state index is 13.4. The molecule has 4 aromatic rings. The van der Waals surface area contributed by atoms with E-state index in [0.29, 0.717) is 11.3 Å². The van der Waals surface area contributed by atoms with Gasteiger partial charge in [0.2, 0.25) is 0 Å². The van der Waals surface area contributed by atoms with Gasteiger partial charge in [0.05, 0.1) is 5.56 Å². The molecule has 0 heterocycles. The largest absolute Gasteiger partial charge is 0.507 e. The van der Waals surface area contributed by atoms with Gasteiger partial charge in [0.1, 0.15) is 11.4 Å². The lowest BCUT2D eigenvalue weighted by atomic mass is 9.85. The van der Waals surface area contributed by atoms with Gasteiger partial charge >= 0.3 is 5.97 Å². The Balaban J connectivity index is 1.50. The van der Waals surface area contributed by atoms with Crippen LogP contribution in [0.5, 0.6) is 5.75 Å². The van der Waals surface area contributed by atoms with Crippen LogP contribution in [0.4, 0.5) is 0 Å². The van der Waals surface area contributed by atoms with Gasteiger partial charge < -0.3 is 9.84 Å². The van der Waals surface area contributed by atoms with Crippen LogP contribution in [0.1, 0.15) is 47.2 Å². The topological polar surface area (TPSA) is 46.5 Å². The van der Waals surface area contributed by atoms with E-state index in [4.69, 9.17) is 4.74 Å². The van der Waals surface area contributed by atoms with Gasteiger partial charge in [-0.1, -0.05) is 67.6 Å². The summed E-state index contributed by atoms with van der Waals surface area (Å²) in [4.78, 5) is 13.4. The Morgan fingerprint density at radius 3 is 2.50 bits per heavy atom. The Bertz CT molecular complexity index is 1330. The van der Waals surface area contributed by atoms with E-state index in [9.17, 15) is 9.90 Å². The molecule has 2 aliphatic carbocycles. The molecule has 1 fully saturated rings. The van der Waals surface area contributed by atoms with Crippen molar-refractivity contribution >= 4 is 27.5 Å². The number of carbonyl (C=O) groups is 1. The van der Waals surface area contributed by atoms with Crippen LogP contribution < -0.4 is 0 Å². The molecule has 1 saturated carbocycles. The molecule has 2 aliphatic rings. The number of hydrogen-bond donors (Lipinski definition) is 1. The Labute approximate surface area is 174 Å². The quantitative estimate of drug-likeness (QED) is 0.407. The van der Waals surface area contributed by atoms with Crippen molar-refractivity contribution in [2.24, 2.45) is 5.92 Å². The molecule has 3 nitrogen and oxygen atoms in total. The lowest BCUT2D eigenvalue weighted by Crippen LogP contribution is -2.33. The van der Waals surface area contributed by atoms with Crippen molar-refractivity contribution in [1.29, 1.82) is 0 Å². The maximum Gasteiger partial charge on any atom is 0.339 e. The maximum atomic E-state index is 13.4. The summed E-state index contributed by atoms with van der Waals surface area (Å²) in [5, 5.41) is 14.9. The zero-order chi connectivity index (χ0) is 20.5. The first-order chi connectivity index (χ1) is 14.6. The summed E-state index contributed by atoms with van der Waals surface area (Å²) in [5.41, 5.74) is 1.86. The third-order valence-electron chi connectivity index (χ3n) is 7.34. The first-order valence-electron chi connectivity index (χ1n) is 10.6. The smallest absolute Gasteiger partial charge is 0.339 e.